The molecule has 1 heterocycles. The molecular weight excluding hydrogens is 352 g/mol. The van der Waals surface area contributed by atoms with Crippen LogP contribution in [0.15, 0.2) is 29.3 Å². The summed E-state index contributed by atoms with van der Waals surface area (Å²) in [5.41, 5.74) is 0.814. The number of rotatable bonds is 6. The molecule has 2 N–H and O–H groups in total. The van der Waals surface area contributed by atoms with Gasteiger partial charge in [-0.15, -0.1) is 0 Å². The predicted octanol–water partition coefficient (Wildman–Crippen LogP) is 2.31. The molecule has 0 spiro atoms. The van der Waals surface area contributed by atoms with Crippen LogP contribution in [0.2, 0.25) is 0 Å². The third kappa shape index (κ3) is 6.45. The number of hydrogen-bond acceptors (Lipinski definition) is 3. The molecule has 0 saturated carbocycles. The number of aliphatic imine (C=N–C) groups is 1. The van der Waals surface area contributed by atoms with Gasteiger partial charge in [0.05, 0.1) is 12.6 Å². The van der Waals surface area contributed by atoms with E-state index in [1.54, 1.807) is 26.3 Å². The topological polar surface area (TPSA) is 48.9 Å². The van der Waals surface area contributed by atoms with Gasteiger partial charge in [-0.25, -0.2) is 4.39 Å². The van der Waals surface area contributed by atoms with E-state index in [2.05, 4.69) is 15.6 Å². The first-order chi connectivity index (χ1) is 12.3. The van der Waals surface area contributed by atoms with E-state index in [4.69, 9.17) is 4.74 Å². The zero-order valence-corrected chi connectivity index (χ0v) is 14.8. The molecule has 0 amide bonds. The van der Waals surface area contributed by atoms with Gasteiger partial charge in [0.2, 0.25) is 0 Å². The molecular formula is C17H24F4N4O. The average Bonchev–Trinajstić information content (AvgIpc) is 3.00. The fourth-order valence-corrected chi connectivity index (χ4v) is 2.94. The highest BCUT2D eigenvalue weighted by Crippen LogP contribution is 2.20. The lowest BCUT2D eigenvalue weighted by molar-refractivity contribution is -0.143. The molecule has 2 atom stereocenters. The average molecular weight is 376 g/mol. The van der Waals surface area contributed by atoms with Gasteiger partial charge in [0, 0.05) is 39.8 Å². The molecule has 0 aliphatic carbocycles. The lowest BCUT2D eigenvalue weighted by Crippen LogP contribution is -2.46. The minimum Gasteiger partial charge on any atom is -0.375 e. The van der Waals surface area contributed by atoms with E-state index >= 15 is 0 Å². The molecule has 0 bridgehead atoms. The van der Waals surface area contributed by atoms with Crippen molar-refractivity contribution in [2.75, 3.05) is 40.3 Å². The summed E-state index contributed by atoms with van der Waals surface area (Å²) in [6, 6.07) is 5.92. The fourth-order valence-electron chi connectivity index (χ4n) is 2.94. The summed E-state index contributed by atoms with van der Waals surface area (Å²) in [5.74, 6) is 0.173. The van der Waals surface area contributed by atoms with E-state index in [0.29, 0.717) is 32.0 Å². The summed E-state index contributed by atoms with van der Waals surface area (Å²) >= 11 is 0. The Balaban J connectivity index is 1.83. The maximum Gasteiger partial charge on any atom is 0.401 e. The smallest absolute Gasteiger partial charge is 0.375 e. The molecule has 9 heteroatoms. The van der Waals surface area contributed by atoms with Crippen molar-refractivity contribution in [3.63, 3.8) is 0 Å². The van der Waals surface area contributed by atoms with Gasteiger partial charge in [0.1, 0.15) is 5.82 Å². The highest BCUT2D eigenvalue weighted by atomic mass is 19.4. The van der Waals surface area contributed by atoms with Crippen molar-refractivity contribution in [2.24, 2.45) is 4.99 Å². The number of alkyl halides is 3. The Labute approximate surface area is 150 Å². The van der Waals surface area contributed by atoms with Crippen LogP contribution in [0.5, 0.6) is 0 Å². The van der Waals surface area contributed by atoms with Crippen LogP contribution < -0.4 is 10.6 Å². The van der Waals surface area contributed by atoms with Crippen LogP contribution in [0.3, 0.4) is 0 Å². The van der Waals surface area contributed by atoms with Gasteiger partial charge in [-0.1, -0.05) is 12.1 Å². The van der Waals surface area contributed by atoms with Gasteiger partial charge < -0.3 is 15.4 Å². The molecule has 1 aliphatic heterocycles. The number of methoxy groups -OCH3 is 1. The lowest BCUT2D eigenvalue weighted by atomic mass is 10.1. The Morgan fingerprint density at radius 1 is 1.35 bits per heavy atom. The van der Waals surface area contributed by atoms with Crippen LogP contribution >= 0.6 is 0 Å². The molecule has 1 aromatic rings. The Bertz CT molecular complexity index is 591. The van der Waals surface area contributed by atoms with Gasteiger partial charge in [-0.2, -0.15) is 13.2 Å². The Hall–Kier alpha value is -1.87. The van der Waals surface area contributed by atoms with E-state index in [9.17, 15) is 17.6 Å². The minimum atomic E-state index is -4.18. The zero-order valence-electron chi connectivity index (χ0n) is 14.8. The molecule has 146 valence electrons. The predicted molar refractivity (Wildman–Crippen MR) is 91.5 cm³/mol. The number of ether oxygens (including phenoxy) is 1. The van der Waals surface area contributed by atoms with Gasteiger partial charge in [0.15, 0.2) is 5.96 Å². The third-order valence-corrected chi connectivity index (χ3v) is 4.22. The summed E-state index contributed by atoms with van der Waals surface area (Å²) in [6.45, 7) is 0.199. The SMILES string of the molecule is CN=C(NCC(OC)c1ccc(F)cc1)NC1CCN(CC(F)(F)F)C1. The van der Waals surface area contributed by atoms with Crippen LogP contribution in [0.4, 0.5) is 17.6 Å². The van der Waals surface area contributed by atoms with Crippen molar-refractivity contribution in [1.82, 2.24) is 15.5 Å². The van der Waals surface area contributed by atoms with Crippen molar-refractivity contribution in [3.05, 3.63) is 35.6 Å². The first-order valence-electron chi connectivity index (χ1n) is 8.35. The molecule has 0 aromatic heterocycles. The Morgan fingerprint density at radius 3 is 2.62 bits per heavy atom. The van der Waals surface area contributed by atoms with Crippen LogP contribution in [-0.4, -0.2) is 63.4 Å². The summed E-state index contributed by atoms with van der Waals surface area (Å²) in [5, 5.41) is 6.24. The number of benzene rings is 1. The van der Waals surface area contributed by atoms with E-state index < -0.39 is 12.7 Å². The van der Waals surface area contributed by atoms with Crippen molar-refractivity contribution in [1.29, 1.82) is 0 Å². The highest BCUT2D eigenvalue weighted by Gasteiger charge is 2.34. The minimum absolute atomic E-state index is 0.102. The second-order valence-electron chi connectivity index (χ2n) is 6.21. The molecule has 1 aliphatic rings. The van der Waals surface area contributed by atoms with Crippen molar-refractivity contribution in [3.8, 4) is 0 Å². The highest BCUT2D eigenvalue weighted by molar-refractivity contribution is 5.80. The number of hydrogen-bond donors (Lipinski definition) is 2. The molecule has 5 nitrogen and oxygen atoms in total. The molecule has 1 saturated heterocycles. The van der Waals surface area contributed by atoms with Crippen molar-refractivity contribution < 1.29 is 22.3 Å². The van der Waals surface area contributed by atoms with Crippen LogP contribution in [0, 0.1) is 5.82 Å². The van der Waals surface area contributed by atoms with Gasteiger partial charge in [0.25, 0.3) is 0 Å². The molecule has 1 fully saturated rings. The van der Waals surface area contributed by atoms with Gasteiger partial charge in [-0.3, -0.25) is 9.89 Å². The second kappa shape index (κ2) is 9.18. The van der Waals surface area contributed by atoms with Gasteiger partial charge >= 0.3 is 6.18 Å². The maximum atomic E-state index is 13.0. The largest absolute Gasteiger partial charge is 0.401 e. The van der Waals surface area contributed by atoms with Crippen LogP contribution in [0.1, 0.15) is 18.1 Å². The summed E-state index contributed by atoms with van der Waals surface area (Å²) in [7, 11) is 3.15. The zero-order chi connectivity index (χ0) is 19.2. The summed E-state index contributed by atoms with van der Waals surface area (Å²) < 4.78 is 55.8. The first kappa shape index (κ1) is 20.4. The normalized spacial score (nSPS) is 20.2. The quantitative estimate of drug-likeness (QED) is 0.455. The number of guanidine groups is 1. The van der Waals surface area contributed by atoms with Crippen LogP contribution in [0.25, 0.3) is 0 Å². The third-order valence-electron chi connectivity index (χ3n) is 4.22. The van der Waals surface area contributed by atoms with Crippen molar-refractivity contribution >= 4 is 5.96 Å². The number of halogens is 4. The standard InChI is InChI=1S/C17H24F4N4O/c1-22-16(24-14-7-8-25(10-14)11-17(19,20)21)23-9-15(26-2)12-3-5-13(18)6-4-12/h3-6,14-15H,7-11H2,1-2H3,(H2,22,23,24). The Morgan fingerprint density at radius 2 is 2.04 bits per heavy atom. The summed E-state index contributed by atoms with van der Waals surface area (Å²) in [4.78, 5) is 5.48. The van der Waals surface area contributed by atoms with E-state index in [0.717, 1.165) is 5.56 Å². The fraction of sp³-hybridized carbons (Fsp3) is 0.588. The number of likely N-dealkylation sites (tertiary alicyclic amines) is 1. The maximum absolute atomic E-state index is 13.0. The molecule has 26 heavy (non-hydrogen) atoms. The first-order valence-corrected chi connectivity index (χ1v) is 8.35. The Kier molecular flexibility index (Phi) is 7.22. The van der Waals surface area contributed by atoms with Gasteiger partial charge in [-0.05, 0) is 24.1 Å². The summed E-state index contributed by atoms with van der Waals surface area (Å²) in [6.07, 6.45) is -3.88. The molecule has 2 unspecified atom stereocenters. The molecule has 2 rings (SSSR count). The molecule has 1 aromatic carbocycles. The molecule has 0 radical (unpaired) electrons. The second-order valence-corrected chi connectivity index (χ2v) is 6.21. The van der Waals surface area contributed by atoms with Crippen LogP contribution in [-0.2, 0) is 4.74 Å². The monoisotopic (exact) mass is 376 g/mol. The van der Waals surface area contributed by atoms with E-state index in [1.165, 1.54) is 17.0 Å². The van der Waals surface area contributed by atoms with Crippen molar-refractivity contribution in [2.45, 2.75) is 24.7 Å². The number of nitrogens with zero attached hydrogens (tertiary/aromatic N) is 2. The van der Waals surface area contributed by atoms with E-state index in [-0.39, 0.29) is 18.0 Å². The van der Waals surface area contributed by atoms with E-state index in [1.807, 2.05) is 0 Å². The lowest BCUT2D eigenvalue weighted by Gasteiger charge is -2.22. The number of nitrogens with one attached hydrogen (secondary N) is 2.